The average Bonchev–Trinajstić information content (AvgIpc) is 3.62. The molecule has 0 saturated carbocycles. The van der Waals surface area contributed by atoms with Gasteiger partial charge in [-0.05, 0) is 57.3 Å². The maximum atomic E-state index is 14.7. The minimum atomic E-state index is -0.549. The van der Waals surface area contributed by atoms with Gasteiger partial charge in [0, 0.05) is 49.2 Å². The molecule has 236 valence electrons. The number of aromatic nitrogens is 4. The van der Waals surface area contributed by atoms with Crippen molar-refractivity contribution < 1.29 is 18.7 Å². The van der Waals surface area contributed by atoms with Gasteiger partial charge in [0.1, 0.15) is 18.2 Å². The fraction of sp³-hybridized carbons (Fsp3) is 0.438. The number of ether oxygens (including phenoxy) is 2. The van der Waals surface area contributed by atoms with Crippen LogP contribution in [0.5, 0.6) is 11.8 Å². The molecule has 1 N–H and O–H groups in total. The van der Waals surface area contributed by atoms with E-state index in [9.17, 15) is 9.18 Å². The molecule has 0 aliphatic carbocycles. The van der Waals surface area contributed by atoms with Crippen molar-refractivity contribution in [2.75, 3.05) is 43.6 Å². The molecule has 4 aromatic rings. The Labute approximate surface area is 265 Å². The molecule has 3 aliphatic rings. The van der Waals surface area contributed by atoms with Gasteiger partial charge in [-0.15, -0.1) is 0 Å². The molecule has 1 saturated heterocycles. The van der Waals surface area contributed by atoms with Crippen LogP contribution in [0.4, 0.5) is 20.7 Å². The summed E-state index contributed by atoms with van der Waals surface area (Å²) in [6.07, 6.45) is 3.87. The Morgan fingerprint density at radius 3 is 2.87 bits per heavy atom. The van der Waals surface area contributed by atoms with E-state index in [0.29, 0.717) is 67.7 Å². The monoisotopic (exact) mass is 634 g/mol. The second-order valence-corrected chi connectivity index (χ2v) is 12.5. The number of carbonyl (C=O) groups excluding carboxylic acids is 1. The Balaban J connectivity index is 1.27. The van der Waals surface area contributed by atoms with Crippen LogP contribution >= 0.6 is 11.6 Å². The Morgan fingerprint density at radius 2 is 2.07 bits per heavy atom. The zero-order chi connectivity index (χ0) is 31.2. The van der Waals surface area contributed by atoms with Gasteiger partial charge in [0.15, 0.2) is 0 Å². The van der Waals surface area contributed by atoms with Crippen LogP contribution in [0.2, 0.25) is 5.02 Å². The van der Waals surface area contributed by atoms with Crippen LogP contribution in [0.1, 0.15) is 36.7 Å². The Bertz CT molecular complexity index is 1770. The lowest BCUT2D eigenvalue weighted by Crippen LogP contribution is -2.43. The molecule has 3 aliphatic heterocycles. The third kappa shape index (κ3) is 5.61. The van der Waals surface area contributed by atoms with Crippen LogP contribution in [0.25, 0.3) is 10.8 Å². The highest BCUT2D eigenvalue weighted by molar-refractivity contribution is 6.36. The molecule has 13 heteroatoms. The maximum Gasteiger partial charge on any atom is 0.412 e. The minimum Gasteiger partial charge on any atom is -0.462 e. The number of likely N-dealkylation sites (N-methyl/N-ethyl adjacent to an activating group) is 1. The van der Waals surface area contributed by atoms with E-state index >= 15 is 0 Å². The number of nitrogens with zero attached hydrogens (tertiary/aromatic N) is 7. The number of halogens is 2. The van der Waals surface area contributed by atoms with Crippen molar-refractivity contribution in [1.82, 2.24) is 29.7 Å². The van der Waals surface area contributed by atoms with Gasteiger partial charge in [0.25, 0.3) is 0 Å². The molecule has 1 fully saturated rings. The largest absolute Gasteiger partial charge is 0.462 e. The highest BCUT2D eigenvalue weighted by Crippen LogP contribution is 2.40. The van der Waals surface area contributed by atoms with E-state index in [4.69, 9.17) is 31.0 Å². The first-order valence-corrected chi connectivity index (χ1v) is 15.7. The first-order chi connectivity index (χ1) is 21.8. The molecule has 11 nitrogen and oxygen atoms in total. The van der Waals surface area contributed by atoms with Crippen LogP contribution in [0.15, 0.2) is 36.7 Å². The number of imidazole rings is 1. The second kappa shape index (κ2) is 12.0. The Hall–Kier alpha value is -4.16. The minimum absolute atomic E-state index is 0.0539. The normalized spacial score (nSPS) is 19.8. The summed E-state index contributed by atoms with van der Waals surface area (Å²) >= 11 is 6.75. The molecule has 5 heterocycles. The first kappa shape index (κ1) is 29.5. The molecule has 0 radical (unpaired) electrons. The highest BCUT2D eigenvalue weighted by atomic mass is 35.5. The van der Waals surface area contributed by atoms with Crippen LogP contribution in [-0.4, -0.2) is 76.4 Å². The number of fused-ring (bicyclic) bond motifs is 3. The van der Waals surface area contributed by atoms with Gasteiger partial charge in [-0.25, -0.2) is 9.78 Å². The third-order valence-electron chi connectivity index (χ3n) is 9.21. The predicted molar refractivity (Wildman–Crippen MR) is 170 cm³/mol. The summed E-state index contributed by atoms with van der Waals surface area (Å²) < 4.78 is 28.4. The van der Waals surface area contributed by atoms with Crippen LogP contribution in [0, 0.1) is 5.95 Å². The van der Waals surface area contributed by atoms with E-state index in [-0.39, 0.29) is 6.04 Å². The number of benzene rings is 2. The smallest absolute Gasteiger partial charge is 0.412 e. The Morgan fingerprint density at radius 1 is 1.20 bits per heavy atom. The van der Waals surface area contributed by atoms with E-state index in [1.54, 1.807) is 6.33 Å². The van der Waals surface area contributed by atoms with Crippen molar-refractivity contribution in [2.45, 2.75) is 57.9 Å². The number of carbonyl (C=O) groups is 1. The summed E-state index contributed by atoms with van der Waals surface area (Å²) in [4.78, 5) is 32.6. The number of likely N-dealkylation sites (tertiary alicyclic amines) is 1. The fourth-order valence-electron chi connectivity index (χ4n) is 6.74. The van der Waals surface area contributed by atoms with Crippen molar-refractivity contribution in [1.29, 1.82) is 0 Å². The summed E-state index contributed by atoms with van der Waals surface area (Å²) in [6, 6.07) is 10.0. The summed E-state index contributed by atoms with van der Waals surface area (Å²) in [7, 11) is 3.64. The molecule has 2 aromatic carbocycles. The number of hydrogen-bond acceptors (Lipinski definition) is 9. The Kier molecular flexibility index (Phi) is 7.86. The zero-order valence-electron chi connectivity index (χ0n) is 25.6. The van der Waals surface area contributed by atoms with Crippen molar-refractivity contribution in [3.8, 4) is 11.8 Å². The molecule has 0 bridgehead atoms. The predicted octanol–water partition coefficient (Wildman–Crippen LogP) is 4.78. The summed E-state index contributed by atoms with van der Waals surface area (Å²) in [5, 5.41) is 4.84. The SMILES string of the molecule is CNC(=O)Oc1cc(N2CCc3c(nc(OC[C@@H]4CCCN4C)nc3N3Cc4c(F)ncn4C[C@H]3C)C2)c2c(Cl)cccc2c1. The molecule has 2 aromatic heterocycles. The standard InChI is InChI=1S/C32H36ClFN8O3/c1-19-14-41-18-36-29(34)27(41)16-42(19)30-23-9-11-40(15-25(23)37-31(38-30)44-17-21-7-5-10-39(21)3)26-13-22(45-32(43)35-2)12-20-6-4-8-24(33)28(20)26/h4,6,8,12-13,18-19,21H,5,7,9-11,14-17H2,1-3H3,(H,35,43)/t19-,21+/m1/s1. The van der Waals surface area contributed by atoms with Gasteiger partial charge < -0.3 is 34.1 Å². The fourth-order valence-corrected chi connectivity index (χ4v) is 7.02. The van der Waals surface area contributed by atoms with Crippen LogP contribution < -0.4 is 24.6 Å². The van der Waals surface area contributed by atoms with Crippen molar-refractivity contribution in [2.24, 2.45) is 0 Å². The van der Waals surface area contributed by atoms with E-state index in [1.807, 2.05) is 34.9 Å². The van der Waals surface area contributed by atoms with Gasteiger partial charge in [-0.2, -0.15) is 14.4 Å². The van der Waals surface area contributed by atoms with E-state index in [0.717, 1.165) is 52.9 Å². The van der Waals surface area contributed by atoms with Crippen molar-refractivity contribution in [3.05, 3.63) is 64.6 Å². The summed E-state index contributed by atoms with van der Waals surface area (Å²) in [5.41, 5.74) is 3.24. The quantitative estimate of drug-likeness (QED) is 0.321. The third-order valence-corrected chi connectivity index (χ3v) is 9.53. The van der Waals surface area contributed by atoms with Gasteiger partial charge in [0.2, 0.25) is 5.95 Å². The first-order valence-electron chi connectivity index (χ1n) is 15.3. The molecule has 1 amide bonds. The van der Waals surface area contributed by atoms with Gasteiger partial charge in [0.05, 0.1) is 41.5 Å². The van der Waals surface area contributed by atoms with Crippen LogP contribution in [0.3, 0.4) is 0 Å². The van der Waals surface area contributed by atoms with Crippen LogP contribution in [-0.2, 0) is 26.1 Å². The van der Waals surface area contributed by atoms with E-state index in [2.05, 4.69) is 39.0 Å². The lowest BCUT2D eigenvalue weighted by atomic mass is 10.0. The summed E-state index contributed by atoms with van der Waals surface area (Å²) in [5.74, 6) is 0.733. The van der Waals surface area contributed by atoms with E-state index in [1.165, 1.54) is 7.05 Å². The molecule has 0 spiro atoms. The number of amides is 1. The number of hydrogen-bond donors (Lipinski definition) is 1. The average molecular weight is 635 g/mol. The maximum absolute atomic E-state index is 14.7. The zero-order valence-corrected chi connectivity index (χ0v) is 26.3. The van der Waals surface area contributed by atoms with Gasteiger partial charge in [-0.3, -0.25) is 0 Å². The number of nitrogens with one attached hydrogen (secondary N) is 1. The molecule has 45 heavy (non-hydrogen) atoms. The second-order valence-electron chi connectivity index (χ2n) is 12.0. The molecule has 2 atom stereocenters. The molecular formula is C32H36ClFN8O3. The van der Waals surface area contributed by atoms with Gasteiger partial charge in [-0.1, -0.05) is 23.7 Å². The summed E-state index contributed by atoms with van der Waals surface area (Å²) in [6.45, 7) is 5.71. The van der Waals surface area contributed by atoms with E-state index < -0.39 is 12.0 Å². The van der Waals surface area contributed by atoms with Crippen molar-refractivity contribution >= 4 is 40.0 Å². The highest BCUT2D eigenvalue weighted by Gasteiger charge is 2.33. The molecular weight excluding hydrogens is 599 g/mol. The number of rotatable bonds is 6. The van der Waals surface area contributed by atoms with Gasteiger partial charge >= 0.3 is 12.1 Å². The van der Waals surface area contributed by atoms with Crippen molar-refractivity contribution in [3.63, 3.8) is 0 Å². The number of anilines is 2. The topological polar surface area (TPSA) is 101 Å². The lowest BCUT2D eigenvalue weighted by Gasteiger charge is -2.38. The molecule has 7 rings (SSSR count). The lowest BCUT2D eigenvalue weighted by molar-refractivity contribution is 0.187. The molecule has 0 unspecified atom stereocenters.